The molecule has 0 spiro atoms. The molecular weight excluding hydrogens is 304 g/mol. The Bertz CT molecular complexity index is 816. The molecule has 1 atom stereocenters. The van der Waals surface area contributed by atoms with Crippen molar-refractivity contribution in [2.45, 2.75) is 33.2 Å². The Hall–Kier alpha value is -2.89. The second-order valence-corrected chi connectivity index (χ2v) is 5.85. The monoisotopic (exact) mass is 324 g/mol. The fourth-order valence-corrected chi connectivity index (χ4v) is 2.55. The Balaban J connectivity index is 1.67. The van der Waals surface area contributed by atoms with Gasteiger partial charge < -0.3 is 9.84 Å². The maximum Gasteiger partial charge on any atom is 0.231 e. The van der Waals surface area contributed by atoms with Crippen LogP contribution in [0.15, 0.2) is 47.2 Å². The normalized spacial score (nSPS) is 12.1. The first-order valence-electron chi connectivity index (χ1n) is 7.84. The second kappa shape index (κ2) is 6.70. The van der Waals surface area contributed by atoms with Gasteiger partial charge in [-0.1, -0.05) is 35.5 Å². The molecule has 1 N–H and O–H groups in total. The number of nitrogens with zero attached hydrogens (tertiary/aromatic N) is 3. The minimum absolute atomic E-state index is 0.0573. The fourth-order valence-electron chi connectivity index (χ4n) is 2.55. The van der Waals surface area contributed by atoms with Crippen molar-refractivity contribution in [3.8, 4) is 0 Å². The summed E-state index contributed by atoms with van der Waals surface area (Å²) in [6, 6.07) is 9.70. The Morgan fingerprint density at radius 3 is 2.71 bits per heavy atom. The molecule has 3 aromatic rings. The van der Waals surface area contributed by atoms with E-state index in [1.165, 1.54) is 0 Å². The molecule has 0 bridgehead atoms. The van der Waals surface area contributed by atoms with Gasteiger partial charge in [-0.2, -0.15) is 5.10 Å². The van der Waals surface area contributed by atoms with Gasteiger partial charge in [-0.05, 0) is 26.3 Å². The molecule has 0 aliphatic carbocycles. The van der Waals surface area contributed by atoms with Crippen LogP contribution in [0.2, 0.25) is 0 Å². The van der Waals surface area contributed by atoms with Gasteiger partial charge in [-0.3, -0.25) is 9.48 Å². The summed E-state index contributed by atoms with van der Waals surface area (Å²) < 4.78 is 6.92. The molecule has 0 aliphatic heterocycles. The quantitative estimate of drug-likeness (QED) is 0.781. The predicted molar refractivity (Wildman–Crippen MR) is 90.8 cm³/mol. The molecule has 0 radical (unpaired) electrons. The number of carbonyl (C=O) groups excluding carboxylic acids is 1. The minimum atomic E-state index is -0.225. The van der Waals surface area contributed by atoms with Crippen LogP contribution in [0.4, 0.5) is 5.69 Å². The number of benzene rings is 1. The van der Waals surface area contributed by atoms with Crippen molar-refractivity contribution in [3.63, 3.8) is 0 Å². The van der Waals surface area contributed by atoms with Crippen molar-refractivity contribution in [1.82, 2.24) is 14.9 Å². The van der Waals surface area contributed by atoms with E-state index < -0.39 is 0 Å². The largest absolute Gasteiger partial charge is 0.361 e. The summed E-state index contributed by atoms with van der Waals surface area (Å²) in [6.45, 7) is 6.23. The lowest BCUT2D eigenvalue weighted by Crippen LogP contribution is -2.18. The molecule has 3 rings (SSSR count). The van der Waals surface area contributed by atoms with E-state index in [2.05, 4.69) is 15.6 Å². The number of rotatable bonds is 5. The summed E-state index contributed by atoms with van der Waals surface area (Å²) in [6.07, 6.45) is 3.45. The van der Waals surface area contributed by atoms with Crippen molar-refractivity contribution in [3.05, 3.63) is 65.3 Å². The first kappa shape index (κ1) is 16.0. The summed E-state index contributed by atoms with van der Waals surface area (Å²) in [4.78, 5) is 12.4. The van der Waals surface area contributed by atoms with E-state index in [4.69, 9.17) is 4.52 Å². The molecule has 0 saturated carbocycles. The molecule has 24 heavy (non-hydrogen) atoms. The number of aryl methyl sites for hydroxylation is 2. The van der Waals surface area contributed by atoms with E-state index in [9.17, 15) is 4.79 Å². The Morgan fingerprint density at radius 2 is 2.04 bits per heavy atom. The van der Waals surface area contributed by atoms with Crippen molar-refractivity contribution in [2.75, 3.05) is 5.32 Å². The second-order valence-electron chi connectivity index (χ2n) is 5.85. The molecule has 2 aromatic heterocycles. The Morgan fingerprint density at radius 1 is 1.29 bits per heavy atom. The van der Waals surface area contributed by atoms with Gasteiger partial charge in [-0.25, -0.2) is 0 Å². The summed E-state index contributed by atoms with van der Waals surface area (Å²) in [5.41, 5.74) is 3.52. The fraction of sp³-hybridized carbons (Fsp3) is 0.278. The predicted octanol–water partition coefficient (Wildman–Crippen LogP) is 3.28. The standard InChI is InChI=1S/C18H20N4O2/c1-12(15-7-5-4-6-8-15)18(23)20-16-9-19-22(10-16)11-17-13(2)21-24-14(17)3/h4-10,12H,11H2,1-3H3,(H,20,23)/t12-/m0/s1. The highest BCUT2D eigenvalue weighted by Gasteiger charge is 2.16. The van der Waals surface area contributed by atoms with Crippen LogP contribution in [0.3, 0.4) is 0 Å². The number of hydrogen-bond donors (Lipinski definition) is 1. The minimum Gasteiger partial charge on any atom is -0.361 e. The van der Waals surface area contributed by atoms with Crippen LogP contribution >= 0.6 is 0 Å². The van der Waals surface area contributed by atoms with Crippen LogP contribution in [0.1, 0.15) is 35.4 Å². The third kappa shape index (κ3) is 3.37. The third-order valence-corrected chi connectivity index (χ3v) is 4.09. The lowest BCUT2D eigenvalue weighted by Gasteiger charge is -2.11. The van der Waals surface area contributed by atoms with E-state index in [0.717, 1.165) is 22.6 Å². The van der Waals surface area contributed by atoms with Gasteiger partial charge in [0.2, 0.25) is 5.91 Å². The first-order chi connectivity index (χ1) is 11.5. The number of hydrogen-bond acceptors (Lipinski definition) is 4. The maximum absolute atomic E-state index is 12.4. The van der Waals surface area contributed by atoms with E-state index in [1.54, 1.807) is 10.9 Å². The van der Waals surface area contributed by atoms with Gasteiger partial charge >= 0.3 is 0 Å². The highest BCUT2D eigenvalue weighted by Crippen LogP contribution is 2.18. The van der Waals surface area contributed by atoms with Gasteiger partial charge in [0.15, 0.2) is 0 Å². The van der Waals surface area contributed by atoms with Crippen molar-refractivity contribution >= 4 is 11.6 Å². The zero-order valence-electron chi connectivity index (χ0n) is 14.0. The van der Waals surface area contributed by atoms with Crippen molar-refractivity contribution < 1.29 is 9.32 Å². The molecule has 0 saturated heterocycles. The summed E-state index contributed by atoms with van der Waals surface area (Å²) in [7, 11) is 0. The summed E-state index contributed by atoms with van der Waals surface area (Å²) >= 11 is 0. The van der Waals surface area contributed by atoms with Crippen LogP contribution in [0, 0.1) is 13.8 Å². The first-order valence-corrected chi connectivity index (χ1v) is 7.84. The SMILES string of the molecule is Cc1noc(C)c1Cn1cc(NC(=O)[C@@H](C)c2ccccc2)cn1. The zero-order valence-corrected chi connectivity index (χ0v) is 14.0. The number of amides is 1. The van der Waals surface area contributed by atoms with E-state index in [1.807, 2.05) is 57.3 Å². The topological polar surface area (TPSA) is 73.0 Å². The highest BCUT2D eigenvalue weighted by atomic mass is 16.5. The van der Waals surface area contributed by atoms with Gasteiger partial charge in [0, 0.05) is 11.8 Å². The van der Waals surface area contributed by atoms with Gasteiger partial charge in [0.1, 0.15) is 5.76 Å². The Labute approximate surface area is 140 Å². The number of aromatic nitrogens is 3. The molecule has 0 unspecified atom stereocenters. The van der Waals surface area contributed by atoms with Crippen LogP contribution in [-0.4, -0.2) is 20.8 Å². The molecular formula is C18H20N4O2. The number of anilines is 1. The smallest absolute Gasteiger partial charge is 0.231 e. The van der Waals surface area contributed by atoms with Gasteiger partial charge in [0.25, 0.3) is 0 Å². The van der Waals surface area contributed by atoms with E-state index >= 15 is 0 Å². The lowest BCUT2D eigenvalue weighted by molar-refractivity contribution is -0.117. The van der Waals surface area contributed by atoms with Crippen LogP contribution in [-0.2, 0) is 11.3 Å². The highest BCUT2D eigenvalue weighted by molar-refractivity contribution is 5.95. The van der Waals surface area contributed by atoms with Crippen LogP contribution in [0.25, 0.3) is 0 Å². The average Bonchev–Trinajstić information content (AvgIpc) is 3.16. The summed E-state index contributed by atoms with van der Waals surface area (Å²) in [5.74, 6) is 0.501. The van der Waals surface area contributed by atoms with Crippen molar-refractivity contribution in [2.24, 2.45) is 0 Å². The maximum atomic E-state index is 12.4. The molecule has 1 aromatic carbocycles. The lowest BCUT2D eigenvalue weighted by atomic mass is 10.0. The Kier molecular flexibility index (Phi) is 4.46. The molecule has 6 heteroatoms. The molecule has 1 amide bonds. The summed E-state index contributed by atoms with van der Waals surface area (Å²) in [5, 5.41) is 11.1. The van der Waals surface area contributed by atoms with Crippen molar-refractivity contribution in [1.29, 1.82) is 0 Å². The number of carbonyl (C=O) groups is 1. The molecule has 2 heterocycles. The van der Waals surface area contributed by atoms with Crippen LogP contribution < -0.4 is 5.32 Å². The molecule has 0 fully saturated rings. The molecule has 0 aliphatic rings. The van der Waals surface area contributed by atoms with Gasteiger partial charge in [-0.15, -0.1) is 0 Å². The zero-order chi connectivity index (χ0) is 17.1. The van der Waals surface area contributed by atoms with Gasteiger partial charge in [0.05, 0.1) is 30.0 Å². The van der Waals surface area contributed by atoms with E-state index in [0.29, 0.717) is 12.2 Å². The molecule has 124 valence electrons. The average molecular weight is 324 g/mol. The van der Waals surface area contributed by atoms with Crippen LogP contribution in [0.5, 0.6) is 0 Å². The third-order valence-electron chi connectivity index (χ3n) is 4.09. The van der Waals surface area contributed by atoms with E-state index in [-0.39, 0.29) is 11.8 Å². The molecule has 6 nitrogen and oxygen atoms in total. The number of nitrogens with one attached hydrogen (secondary N) is 1.